The highest BCUT2D eigenvalue weighted by atomic mass is 19.2. The van der Waals surface area contributed by atoms with Crippen LogP contribution in [-0.2, 0) is 4.79 Å². The Kier molecular flexibility index (Phi) is 4.03. The normalized spacial score (nSPS) is 21.4. The number of β-amino-alcohol motifs (C(OH)–C–C–N with tert-alkyl or cyclic N) is 1. The summed E-state index contributed by atoms with van der Waals surface area (Å²) in [6.45, 7) is -0.256. The molecule has 1 aliphatic heterocycles. The molecule has 0 aliphatic carbocycles. The van der Waals surface area contributed by atoms with Gasteiger partial charge in [0.1, 0.15) is 11.9 Å². The quantitative estimate of drug-likeness (QED) is 0.715. The van der Waals surface area contributed by atoms with Gasteiger partial charge in [-0.25, -0.2) is 22.8 Å². The lowest BCUT2D eigenvalue weighted by molar-refractivity contribution is -0.141. The Morgan fingerprint density at radius 3 is 2.43 bits per heavy atom. The van der Waals surface area contributed by atoms with Crippen LogP contribution < -0.4 is 5.32 Å². The maximum Gasteiger partial charge on any atom is 0.326 e. The minimum Gasteiger partial charge on any atom is -0.480 e. The zero-order valence-electron chi connectivity index (χ0n) is 10.5. The molecule has 0 aromatic heterocycles. The van der Waals surface area contributed by atoms with E-state index in [4.69, 9.17) is 5.11 Å². The first-order chi connectivity index (χ1) is 9.79. The van der Waals surface area contributed by atoms with Gasteiger partial charge in [-0.3, -0.25) is 0 Å². The number of nitrogens with zero attached hydrogens (tertiary/aromatic N) is 1. The van der Waals surface area contributed by atoms with Crippen molar-refractivity contribution in [2.45, 2.75) is 18.6 Å². The molecule has 0 saturated carbocycles. The molecule has 1 aliphatic rings. The van der Waals surface area contributed by atoms with E-state index in [9.17, 15) is 27.9 Å². The highest BCUT2D eigenvalue weighted by molar-refractivity contribution is 5.92. The number of carbonyl (C=O) groups is 2. The van der Waals surface area contributed by atoms with E-state index in [-0.39, 0.29) is 19.0 Å². The van der Waals surface area contributed by atoms with Crippen LogP contribution in [0.15, 0.2) is 12.1 Å². The number of aliphatic carboxylic acids is 1. The molecule has 0 bridgehead atoms. The standard InChI is InChI=1S/C12H11F3N2O4/c13-6-2-8(15)9(3-7(6)14)16-12(21)17-4-5(18)1-10(17)11(19)20/h2-3,5,10,18H,1,4H2,(H,16,21)(H,19,20)/t5-,10-/m0/s1. The van der Waals surface area contributed by atoms with Gasteiger partial charge in [0, 0.05) is 25.1 Å². The number of carboxylic acids is 1. The molecule has 1 aromatic carbocycles. The summed E-state index contributed by atoms with van der Waals surface area (Å²) in [6.07, 6.45) is -1.19. The average molecular weight is 304 g/mol. The van der Waals surface area contributed by atoms with Gasteiger partial charge in [-0.2, -0.15) is 0 Å². The summed E-state index contributed by atoms with van der Waals surface area (Å²) < 4.78 is 39.2. The second-order valence-corrected chi connectivity index (χ2v) is 4.57. The molecule has 2 atom stereocenters. The molecular formula is C12H11F3N2O4. The number of benzene rings is 1. The van der Waals surface area contributed by atoms with Crippen molar-refractivity contribution in [3.05, 3.63) is 29.6 Å². The lowest BCUT2D eigenvalue weighted by atomic mass is 10.2. The zero-order valence-corrected chi connectivity index (χ0v) is 10.5. The largest absolute Gasteiger partial charge is 0.480 e. The fraction of sp³-hybridized carbons (Fsp3) is 0.333. The third kappa shape index (κ3) is 3.07. The summed E-state index contributed by atoms with van der Waals surface area (Å²) >= 11 is 0. The third-order valence-electron chi connectivity index (χ3n) is 3.08. The third-order valence-corrected chi connectivity index (χ3v) is 3.08. The van der Waals surface area contributed by atoms with E-state index < -0.39 is 47.3 Å². The van der Waals surface area contributed by atoms with Gasteiger partial charge >= 0.3 is 12.0 Å². The topological polar surface area (TPSA) is 89.9 Å². The van der Waals surface area contributed by atoms with Gasteiger partial charge in [-0.15, -0.1) is 0 Å². The van der Waals surface area contributed by atoms with E-state index in [0.29, 0.717) is 6.07 Å². The number of hydrogen-bond acceptors (Lipinski definition) is 3. The van der Waals surface area contributed by atoms with Gasteiger partial charge in [-0.05, 0) is 0 Å². The summed E-state index contributed by atoms with van der Waals surface area (Å²) in [5, 5.41) is 20.3. The molecule has 1 heterocycles. The molecule has 0 radical (unpaired) electrons. The van der Waals surface area contributed by atoms with E-state index in [1.807, 2.05) is 5.32 Å². The molecule has 2 amide bonds. The Morgan fingerprint density at radius 2 is 1.81 bits per heavy atom. The van der Waals surface area contributed by atoms with Gasteiger partial charge in [0.2, 0.25) is 0 Å². The van der Waals surface area contributed by atoms with Crippen LogP contribution in [-0.4, -0.2) is 45.8 Å². The molecule has 9 heteroatoms. The molecule has 3 N–H and O–H groups in total. The van der Waals surface area contributed by atoms with E-state index >= 15 is 0 Å². The van der Waals surface area contributed by atoms with Crippen LogP contribution in [0.2, 0.25) is 0 Å². The Bertz CT molecular complexity index is 596. The van der Waals surface area contributed by atoms with E-state index in [0.717, 1.165) is 4.90 Å². The maximum absolute atomic E-state index is 13.4. The molecular weight excluding hydrogens is 293 g/mol. The summed E-state index contributed by atoms with van der Waals surface area (Å²) in [5.41, 5.74) is -0.621. The molecule has 6 nitrogen and oxygen atoms in total. The number of aliphatic hydroxyl groups is 1. The average Bonchev–Trinajstić information content (AvgIpc) is 2.78. The SMILES string of the molecule is O=C(O)[C@@H]1C[C@H](O)CN1C(=O)Nc1cc(F)c(F)cc1F. The minimum atomic E-state index is -1.41. The predicted octanol–water partition coefficient (Wildman–Crippen LogP) is 1.16. The van der Waals surface area contributed by atoms with Crippen LogP contribution in [0.3, 0.4) is 0 Å². The van der Waals surface area contributed by atoms with Crippen LogP contribution in [0.5, 0.6) is 0 Å². The molecule has 0 spiro atoms. The second-order valence-electron chi connectivity index (χ2n) is 4.57. The Morgan fingerprint density at radius 1 is 1.19 bits per heavy atom. The van der Waals surface area contributed by atoms with Gasteiger partial charge in [0.25, 0.3) is 0 Å². The number of anilines is 1. The van der Waals surface area contributed by atoms with Crippen molar-refractivity contribution in [3.8, 4) is 0 Å². The van der Waals surface area contributed by atoms with Crippen molar-refractivity contribution < 1.29 is 33.0 Å². The number of urea groups is 1. The molecule has 1 saturated heterocycles. The van der Waals surface area contributed by atoms with Crippen LogP contribution in [0.4, 0.5) is 23.7 Å². The maximum atomic E-state index is 13.4. The van der Waals surface area contributed by atoms with E-state index in [1.54, 1.807) is 0 Å². The van der Waals surface area contributed by atoms with E-state index in [1.165, 1.54) is 0 Å². The number of hydrogen-bond donors (Lipinski definition) is 3. The zero-order chi connectivity index (χ0) is 15.7. The van der Waals surface area contributed by atoms with Gasteiger partial charge in [-0.1, -0.05) is 0 Å². The lowest BCUT2D eigenvalue weighted by Crippen LogP contribution is -2.43. The van der Waals surface area contributed by atoms with Crippen molar-refractivity contribution >= 4 is 17.7 Å². The fourth-order valence-corrected chi connectivity index (χ4v) is 2.08. The van der Waals surface area contributed by atoms with Crippen molar-refractivity contribution in [2.24, 2.45) is 0 Å². The highest BCUT2D eigenvalue weighted by Gasteiger charge is 2.39. The number of likely N-dealkylation sites (tertiary alicyclic amines) is 1. The smallest absolute Gasteiger partial charge is 0.326 e. The lowest BCUT2D eigenvalue weighted by Gasteiger charge is -2.21. The van der Waals surface area contributed by atoms with Crippen LogP contribution >= 0.6 is 0 Å². The summed E-state index contributed by atoms with van der Waals surface area (Å²) in [4.78, 5) is 23.6. The highest BCUT2D eigenvalue weighted by Crippen LogP contribution is 2.22. The number of amides is 2. The van der Waals surface area contributed by atoms with Crippen molar-refractivity contribution in [3.63, 3.8) is 0 Å². The molecule has 1 aromatic rings. The van der Waals surface area contributed by atoms with Crippen molar-refractivity contribution in [1.29, 1.82) is 0 Å². The number of nitrogens with one attached hydrogen (secondary N) is 1. The van der Waals surface area contributed by atoms with Gasteiger partial charge in [0.15, 0.2) is 11.6 Å². The summed E-state index contributed by atoms with van der Waals surface area (Å²) in [7, 11) is 0. The van der Waals surface area contributed by atoms with Crippen molar-refractivity contribution in [1.82, 2.24) is 4.90 Å². The second kappa shape index (κ2) is 5.60. The summed E-state index contributed by atoms with van der Waals surface area (Å²) in [6, 6.07) is -1.58. The molecule has 21 heavy (non-hydrogen) atoms. The Labute approximate surface area is 116 Å². The van der Waals surface area contributed by atoms with Crippen LogP contribution in [0, 0.1) is 17.5 Å². The van der Waals surface area contributed by atoms with Gasteiger partial charge in [0.05, 0.1) is 11.8 Å². The molecule has 1 fully saturated rings. The van der Waals surface area contributed by atoms with E-state index in [2.05, 4.69) is 0 Å². The first-order valence-electron chi connectivity index (χ1n) is 5.92. The van der Waals surface area contributed by atoms with Crippen LogP contribution in [0.1, 0.15) is 6.42 Å². The molecule has 0 unspecified atom stereocenters. The molecule has 2 rings (SSSR count). The molecule has 114 valence electrons. The Hall–Kier alpha value is -2.29. The monoisotopic (exact) mass is 304 g/mol. The van der Waals surface area contributed by atoms with Crippen LogP contribution in [0.25, 0.3) is 0 Å². The number of halogens is 3. The first kappa shape index (κ1) is 15.1. The Balaban J connectivity index is 2.18. The minimum absolute atomic E-state index is 0.164. The van der Waals surface area contributed by atoms with Gasteiger partial charge < -0.3 is 20.4 Å². The first-order valence-corrected chi connectivity index (χ1v) is 5.92. The number of carboxylic acid groups (broad SMARTS) is 1. The fourth-order valence-electron chi connectivity index (χ4n) is 2.08. The number of rotatable bonds is 2. The predicted molar refractivity (Wildman–Crippen MR) is 64.1 cm³/mol. The number of aliphatic hydroxyl groups excluding tert-OH is 1. The summed E-state index contributed by atoms with van der Waals surface area (Å²) in [5.74, 6) is -5.30. The number of carbonyl (C=O) groups excluding carboxylic acids is 1. The van der Waals surface area contributed by atoms with Crippen molar-refractivity contribution in [2.75, 3.05) is 11.9 Å².